The number of ether oxygens (including phenoxy) is 3. The highest BCUT2D eigenvalue weighted by molar-refractivity contribution is 5.96. The molecule has 0 spiro atoms. The van der Waals surface area contributed by atoms with E-state index >= 15 is 0 Å². The largest absolute Gasteiger partial charge is 0.573 e. The Morgan fingerprint density at radius 3 is 2.52 bits per heavy atom. The lowest BCUT2D eigenvalue weighted by Crippen LogP contribution is -2.29. The van der Waals surface area contributed by atoms with Gasteiger partial charge < -0.3 is 23.9 Å². The molecule has 164 valence electrons. The predicted octanol–water partition coefficient (Wildman–Crippen LogP) is 3.95. The second-order valence-electron chi connectivity index (χ2n) is 6.35. The van der Waals surface area contributed by atoms with Gasteiger partial charge in [0.15, 0.2) is 6.61 Å². The van der Waals surface area contributed by atoms with Crippen LogP contribution in [0.4, 0.5) is 13.2 Å². The molecular weight excluding hydrogens is 419 g/mol. The van der Waals surface area contributed by atoms with E-state index in [2.05, 4.69) is 10.1 Å². The molecule has 0 aliphatic rings. The van der Waals surface area contributed by atoms with E-state index in [1.54, 1.807) is 24.3 Å². The first kappa shape index (κ1) is 22.2. The van der Waals surface area contributed by atoms with Crippen molar-refractivity contribution in [3.05, 3.63) is 65.4 Å². The molecule has 7 nitrogen and oxygen atoms in total. The molecular formula is C21H18F3NO6. The monoisotopic (exact) mass is 437 g/mol. The van der Waals surface area contributed by atoms with Gasteiger partial charge in [-0.15, -0.1) is 13.2 Å². The first-order valence-electron chi connectivity index (χ1n) is 9.05. The molecule has 0 fully saturated rings. The van der Waals surface area contributed by atoms with Crippen LogP contribution in [-0.2, 0) is 27.4 Å². The van der Waals surface area contributed by atoms with Crippen LogP contribution >= 0.6 is 0 Å². The van der Waals surface area contributed by atoms with Gasteiger partial charge in [-0.1, -0.05) is 36.4 Å². The summed E-state index contributed by atoms with van der Waals surface area (Å²) in [6.07, 6.45) is -4.86. The molecule has 0 saturated heterocycles. The number of benzene rings is 2. The lowest BCUT2D eigenvalue weighted by atomic mass is 10.1. The van der Waals surface area contributed by atoms with Gasteiger partial charge in [-0.05, 0) is 12.1 Å². The third-order valence-electron chi connectivity index (χ3n) is 4.18. The molecule has 0 aliphatic carbocycles. The number of alkyl halides is 3. The van der Waals surface area contributed by atoms with Crippen LogP contribution in [0.5, 0.6) is 5.75 Å². The SMILES string of the molecule is COCc1c(C(=O)OCC(=O)NCc2ccccc2OC(F)(F)F)oc2ccccc12. The lowest BCUT2D eigenvalue weighted by molar-refractivity contribution is -0.274. The minimum Gasteiger partial charge on any atom is -0.450 e. The smallest absolute Gasteiger partial charge is 0.450 e. The van der Waals surface area contributed by atoms with E-state index < -0.39 is 30.6 Å². The summed E-state index contributed by atoms with van der Waals surface area (Å²) in [6, 6.07) is 12.3. The topological polar surface area (TPSA) is 87.0 Å². The van der Waals surface area contributed by atoms with Crippen molar-refractivity contribution in [2.75, 3.05) is 13.7 Å². The number of rotatable bonds is 8. The summed E-state index contributed by atoms with van der Waals surface area (Å²) in [5.41, 5.74) is 1.06. The van der Waals surface area contributed by atoms with Crippen LogP contribution in [0, 0.1) is 0 Å². The third-order valence-corrected chi connectivity index (χ3v) is 4.18. The number of hydrogen-bond donors (Lipinski definition) is 1. The molecule has 0 aliphatic heterocycles. The van der Waals surface area contributed by atoms with Gasteiger partial charge in [0.25, 0.3) is 5.91 Å². The highest BCUT2D eigenvalue weighted by Gasteiger charge is 2.32. The number of fused-ring (bicyclic) bond motifs is 1. The highest BCUT2D eigenvalue weighted by atomic mass is 19.4. The first-order chi connectivity index (χ1) is 14.8. The molecule has 1 aromatic heterocycles. The zero-order valence-electron chi connectivity index (χ0n) is 16.3. The number of amides is 1. The van der Waals surface area contributed by atoms with Crippen molar-refractivity contribution in [2.24, 2.45) is 0 Å². The molecule has 1 amide bonds. The number of methoxy groups -OCH3 is 1. The van der Waals surface area contributed by atoms with Gasteiger partial charge in [0.2, 0.25) is 5.76 Å². The van der Waals surface area contributed by atoms with Crippen LogP contribution in [0.2, 0.25) is 0 Å². The fraction of sp³-hybridized carbons (Fsp3) is 0.238. The van der Waals surface area contributed by atoms with Crippen molar-refractivity contribution in [2.45, 2.75) is 19.5 Å². The number of nitrogens with one attached hydrogen (secondary N) is 1. The van der Waals surface area contributed by atoms with E-state index in [9.17, 15) is 22.8 Å². The van der Waals surface area contributed by atoms with Gasteiger partial charge >= 0.3 is 12.3 Å². The second kappa shape index (κ2) is 9.52. The maximum atomic E-state index is 12.5. The molecule has 0 bridgehead atoms. The van der Waals surface area contributed by atoms with Gasteiger partial charge in [0, 0.05) is 30.2 Å². The summed E-state index contributed by atoms with van der Waals surface area (Å²) in [7, 11) is 1.46. The third kappa shape index (κ3) is 5.76. The Morgan fingerprint density at radius 1 is 1.06 bits per heavy atom. The van der Waals surface area contributed by atoms with E-state index in [4.69, 9.17) is 13.9 Å². The summed E-state index contributed by atoms with van der Waals surface area (Å²) >= 11 is 0. The molecule has 0 radical (unpaired) electrons. The zero-order valence-corrected chi connectivity index (χ0v) is 16.3. The van der Waals surface area contributed by atoms with E-state index in [1.807, 2.05) is 0 Å². The maximum absolute atomic E-state index is 12.5. The Hall–Kier alpha value is -3.53. The molecule has 10 heteroatoms. The van der Waals surface area contributed by atoms with E-state index in [1.165, 1.54) is 25.3 Å². The number of carbonyl (C=O) groups is 2. The number of furan rings is 1. The Balaban J connectivity index is 1.60. The van der Waals surface area contributed by atoms with Gasteiger partial charge in [0.1, 0.15) is 11.3 Å². The summed E-state index contributed by atoms with van der Waals surface area (Å²) in [4.78, 5) is 24.4. The molecule has 0 unspecified atom stereocenters. The predicted molar refractivity (Wildman–Crippen MR) is 102 cm³/mol. The van der Waals surface area contributed by atoms with Crippen molar-refractivity contribution in [1.82, 2.24) is 5.32 Å². The summed E-state index contributed by atoms with van der Waals surface area (Å²) in [5, 5.41) is 3.06. The number of carbonyl (C=O) groups excluding carboxylic acids is 2. The van der Waals surface area contributed by atoms with Crippen LogP contribution < -0.4 is 10.1 Å². The summed E-state index contributed by atoms with van der Waals surface area (Å²) in [5.74, 6) is -2.09. The molecule has 1 heterocycles. The molecule has 2 aromatic carbocycles. The normalized spacial score (nSPS) is 11.4. The number of hydrogen-bond acceptors (Lipinski definition) is 6. The summed E-state index contributed by atoms with van der Waals surface area (Å²) in [6.45, 7) is -0.795. The number of halogens is 3. The Morgan fingerprint density at radius 2 is 1.77 bits per heavy atom. The molecule has 31 heavy (non-hydrogen) atoms. The highest BCUT2D eigenvalue weighted by Crippen LogP contribution is 2.27. The van der Waals surface area contributed by atoms with Gasteiger partial charge in [-0.2, -0.15) is 0 Å². The average Bonchev–Trinajstić information content (AvgIpc) is 3.09. The fourth-order valence-corrected chi connectivity index (χ4v) is 2.87. The van der Waals surface area contributed by atoms with Gasteiger partial charge in [-0.3, -0.25) is 4.79 Å². The van der Waals surface area contributed by atoms with Crippen molar-refractivity contribution < 1.29 is 41.4 Å². The number of para-hydroxylation sites is 2. The van der Waals surface area contributed by atoms with Crippen molar-refractivity contribution in [3.8, 4) is 5.75 Å². The van der Waals surface area contributed by atoms with E-state index in [-0.39, 0.29) is 24.5 Å². The van der Waals surface area contributed by atoms with E-state index in [0.29, 0.717) is 16.5 Å². The minimum atomic E-state index is -4.86. The van der Waals surface area contributed by atoms with Crippen molar-refractivity contribution in [1.29, 1.82) is 0 Å². The van der Waals surface area contributed by atoms with Crippen LogP contribution in [0.3, 0.4) is 0 Å². The van der Waals surface area contributed by atoms with Gasteiger partial charge in [0.05, 0.1) is 6.61 Å². The zero-order chi connectivity index (χ0) is 22.4. The van der Waals surface area contributed by atoms with E-state index in [0.717, 1.165) is 6.07 Å². The quantitative estimate of drug-likeness (QED) is 0.537. The van der Waals surface area contributed by atoms with Crippen LogP contribution in [-0.4, -0.2) is 32.0 Å². The molecule has 3 aromatic rings. The van der Waals surface area contributed by atoms with Crippen molar-refractivity contribution in [3.63, 3.8) is 0 Å². The fourth-order valence-electron chi connectivity index (χ4n) is 2.87. The Kier molecular flexibility index (Phi) is 6.81. The standard InChI is InChI=1S/C21H18F3NO6/c1-28-11-15-14-7-3-5-9-17(14)30-19(15)20(27)29-12-18(26)25-10-13-6-2-4-8-16(13)31-21(22,23)24/h2-9H,10-12H2,1H3,(H,25,26). The average molecular weight is 437 g/mol. The molecule has 3 rings (SSSR count). The van der Waals surface area contributed by atoms with Crippen LogP contribution in [0.15, 0.2) is 52.9 Å². The number of esters is 1. The van der Waals surface area contributed by atoms with Crippen LogP contribution in [0.25, 0.3) is 11.0 Å². The Labute approximate surface area is 174 Å². The molecule has 0 atom stereocenters. The van der Waals surface area contributed by atoms with Crippen molar-refractivity contribution >= 4 is 22.8 Å². The Bertz CT molecular complexity index is 1080. The molecule has 1 N–H and O–H groups in total. The minimum absolute atomic E-state index is 0.0835. The lowest BCUT2D eigenvalue weighted by Gasteiger charge is -2.13. The summed E-state index contributed by atoms with van der Waals surface area (Å²) < 4.78 is 57.0. The maximum Gasteiger partial charge on any atom is 0.573 e. The molecule has 0 saturated carbocycles. The van der Waals surface area contributed by atoms with Crippen LogP contribution in [0.1, 0.15) is 21.7 Å². The van der Waals surface area contributed by atoms with Gasteiger partial charge in [-0.25, -0.2) is 4.79 Å². The first-order valence-corrected chi connectivity index (χ1v) is 9.05. The second-order valence-corrected chi connectivity index (χ2v) is 6.35.